The van der Waals surface area contributed by atoms with Crippen molar-refractivity contribution in [2.24, 2.45) is 0 Å². The first-order chi connectivity index (χ1) is 15.7. The maximum absolute atomic E-state index is 12.7. The largest absolute Gasteiger partial charge is 0.497 e. The molecule has 0 aliphatic carbocycles. The van der Waals surface area contributed by atoms with Crippen LogP contribution in [0.25, 0.3) is 11.0 Å². The van der Waals surface area contributed by atoms with Crippen molar-refractivity contribution in [3.8, 4) is 5.75 Å². The predicted molar refractivity (Wildman–Crippen MR) is 123 cm³/mol. The van der Waals surface area contributed by atoms with Crippen LogP contribution in [-0.4, -0.2) is 66.6 Å². The smallest absolute Gasteiger partial charge is 0.326 e. The van der Waals surface area contributed by atoms with E-state index in [0.717, 1.165) is 55.7 Å². The Labute approximate surface area is 187 Å². The molecule has 2 saturated heterocycles. The SMILES string of the molecule is COc1ccc2c(c1)[nH]c(=O)n2C1CCN(CC2(Cc3ccccc3)COCCO2)CC1. The van der Waals surface area contributed by atoms with Crippen LogP contribution in [0, 0.1) is 0 Å². The van der Waals surface area contributed by atoms with Crippen molar-refractivity contribution in [1.29, 1.82) is 0 Å². The summed E-state index contributed by atoms with van der Waals surface area (Å²) in [5.74, 6) is 0.749. The highest BCUT2D eigenvalue weighted by molar-refractivity contribution is 5.77. The van der Waals surface area contributed by atoms with Crippen molar-refractivity contribution in [3.63, 3.8) is 0 Å². The minimum Gasteiger partial charge on any atom is -0.497 e. The number of methoxy groups -OCH3 is 1. The molecule has 32 heavy (non-hydrogen) atoms. The molecule has 2 fully saturated rings. The van der Waals surface area contributed by atoms with Crippen molar-refractivity contribution >= 4 is 11.0 Å². The molecule has 2 aliphatic heterocycles. The van der Waals surface area contributed by atoms with E-state index in [-0.39, 0.29) is 17.3 Å². The number of likely N-dealkylation sites (tertiary alicyclic amines) is 1. The Morgan fingerprint density at radius 3 is 2.66 bits per heavy atom. The van der Waals surface area contributed by atoms with Gasteiger partial charge in [0, 0.05) is 38.2 Å². The van der Waals surface area contributed by atoms with Gasteiger partial charge in [0.1, 0.15) is 11.4 Å². The second kappa shape index (κ2) is 9.10. The first kappa shape index (κ1) is 21.2. The van der Waals surface area contributed by atoms with Crippen LogP contribution in [0.5, 0.6) is 5.75 Å². The zero-order valence-electron chi connectivity index (χ0n) is 18.6. The molecule has 3 aromatic rings. The van der Waals surface area contributed by atoms with Crippen molar-refractivity contribution in [1.82, 2.24) is 14.5 Å². The molecule has 3 heterocycles. The highest BCUT2D eigenvalue weighted by Gasteiger charge is 2.37. The lowest BCUT2D eigenvalue weighted by Gasteiger charge is -2.43. The molecule has 0 bridgehead atoms. The van der Waals surface area contributed by atoms with E-state index in [1.54, 1.807) is 7.11 Å². The average Bonchev–Trinajstić information content (AvgIpc) is 3.15. The maximum Gasteiger partial charge on any atom is 0.326 e. The van der Waals surface area contributed by atoms with E-state index >= 15 is 0 Å². The van der Waals surface area contributed by atoms with Gasteiger partial charge in [-0.25, -0.2) is 4.79 Å². The molecule has 7 heteroatoms. The number of aromatic nitrogens is 2. The van der Waals surface area contributed by atoms with Gasteiger partial charge in [-0.2, -0.15) is 0 Å². The summed E-state index contributed by atoms with van der Waals surface area (Å²) in [5, 5.41) is 0. The number of hydrogen-bond donors (Lipinski definition) is 1. The molecule has 2 aromatic carbocycles. The highest BCUT2D eigenvalue weighted by atomic mass is 16.6. The molecule has 2 aliphatic rings. The predicted octanol–water partition coefficient (Wildman–Crippen LogP) is 3.00. The quantitative estimate of drug-likeness (QED) is 0.642. The summed E-state index contributed by atoms with van der Waals surface area (Å²) in [6.07, 6.45) is 2.71. The Bertz CT molecular complexity index is 1090. The molecule has 5 rings (SSSR count). The molecular weight excluding hydrogens is 406 g/mol. The molecule has 0 spiro atoms. The number of rotatable bonds is 6. The number of nitrogens with one attached hydrogen (secondary N) is 1. The fraction of sp³-hybridized carbons (Fsp3) is 0.480. The van der Waals surface area contributed by atoms with E-state index in [9.17, 15) is 4.79 Å². The summed E-state index contributed by atoms with van der Waals surface area (Å²) in [7, 11) is 1.64. The third kappa shape index (κ3) is 4.33. The van der Waals surface area contributed by atoms with Crippen LogP contribution in [0.2, 0.25) is 0 Å². The third-order valence-corrected chi connectivity index (χ3v) is 6.73. The van der Waals surface area contributed by atoms with E-state index in [0.29, 0.717) is 19.8 Å². The molecule has 0 radical (unpaired) electrons. The van der Waals surface area contributed by atoms with Crippen molar-refractivity contribution in [2.45, 2.75) is 30.9 Å². The molecular formula is C25H31N3O4. The van der Waals surface area contributed by atoms with Crippen LogP contribution in [0.15, 0.2) is 53.3 Å². The summed E-state index contributed by atoms with van der Waals surface area (Å²) < 4.78 is 19.4. The van der Waals surface area contributed by atoms with Crippen molar-refractivity contribution < 1.29 is 14.2 Å². The van der Waals surface area contributed by atoms with Gasteiger partial charge in [0.15, 0.2) is 0 Å². The first-order valence-corrected chi connectivity index (χ1v) is 11.4. The number of imidazole rings is 1. The highest BCUT2D eigenvalue weighted by Crippen LogP contribution is 2.29. The lowest BCUT2D eigenvalue weighted by molar-refractivity contribution is -0.167. The molecule has 1 N–H and O–H groups in total. The van der Waals surface area contributed by atoms with Crippen LogP contribution in [0.4, 0.5) is 0 Å². The maximum atomic E-state index is 12.7. The fourth-order valence-electron chi connectivity index (χ4n) is 5.18. The number of hydrogen-bond acceptors (Lipinski definition) is 5. The molecule has 0 saturated carbocycles. The van der Waals surface area contributed by atoms with Gasteiger partial charge < -0.3 is 24.1 Å². The number of fused-ring (bicyclic) bond motifs is 1. The lowest BCUT2D eigenvalue weighted by atomic mass is 9.92. The molecule has 7 nitrogen and oxygen atoms in total. The minimum absolute atomic E-state index is 0.0451. The Balaban J connectivity index is 1.28. The van der Waals surface area contributed by atoms with Gasteiger partial charge in [-0.15, -0.1) is 0 Å². The zero-order valence-corrected chi connectivity index (χ0v) is 18.6. The van der Waals surface area contributed by atoms with Gasteiger partial charge in [0.05, 0.1) is 38.0 Å². The molecule has 0 amide bonds. The lowest BCUT2D eigenvalue weighted by Crippen LogP contribution is -2.54. The number of nitrogens with zero attached hydrogens (tertiary/aromatic N) is 2. The van der Waals surface area contributed by atoms with Gasteiger partial charge in [0.25, 0.3) is 0 Å². The fourth-order valence-corrected chi connectivity index (χ4v) is 5.18. The standard InChI is InChI=1S/C25H31N3O4/c1-30-21-7-8-23-22(15-21)26-24(29)28(23)20-9-11-27(12-10-20)17-25(18-31-13-14-32-25)16-19-5-3-2-4-6-19/h2-8,15,20H,9-14,16-18H2,1H3,(H,26,29). The number of benzene rings is 2. The summed E-state index contributed by atoms with van der Waals surface area (Å²) in [4.78, 5) is 18.2. The Morgan fingerprint density at radius 2 is 1.94 bits per heavy atom. The number of piperidine rings is 1. The first-order valence-electron chi connectivity index (χ1n) is 11.4. The topological polar surface area (TPSA) is 68.7 Å². The number of ether oxygens (including phenoxy) is 3. The van der Waals surface area contributed by atoms with Crippen LogP contribution in [0.1, 0.15) is 24.4 Å². The van der Waals surface area contributed by atoms with E-state index in [1.165, 1.54) is 5.56 Å². The van der Waals surface area contributed by atoms with E-state index in [2.05, 4.69) is 34.1 Å². The molecule has 1 atom stereocenters. The number of aromatic amines is 1. The average molecular weight is 438 g/mol. The Hall–Kier alpha value is -2.61. The van der Waals surface area contributed by atoms with Gasteiger partial charge in [-0.05, 0) is 30.5 Å². The van der Waals surface area contributed by atoms with Crippen LogP contribution >= 0.6 is 0 Å². The zero-order chi connectivity index (χ0) is 22.0. The van der Waals surface area contributed by atoms with Crippen LogP contribution in [-0.2, 0) is 15.9 Å². The van der Waals surface area contributed by atoms with E-state index < -0.39 is 0 Å². The van der Waals surface area contributed by atoms with Crippen LogP contribution in [0.3, 0.4) is 0 Å². The molecule has 1 aromatic heterocycles. The third-order valence-electron chi connectivity index (χ3n) is 6.73. The monoisotopic (exact) mass is 437 g/mol. The van der Waals surface area contributed by atoms with Gasteiger partial charge in [-0.1, -0.05) is 30.3 Å². The van der Waals surface area contributed by atoms with E-state index in [1.807, 2.05) is 28.8 Å². The molecule has 170 valence electrons. The summed E-state index contributed by atoms with van der Waals surface area (Å²) in [5.41, 5.74) is 2.68. The normalized spacial score (nSPS) is 22.9. The van der Waals surface area contributed by atoms with Gasteiger partial charge in [-0.3, -0.25) is 4.57 Å². The van der Waals surface area contributed by atoms with Crippen LogP contribution < -0.4 is 10.4 Å². The Morgan fingerprint density at radius 1 is 1.12 bits per heavy atom. The summed E-state index contributed by atoms with van der Waals surface area (Å²) in [6, 6.07) is 16.5. The Kier molecular flexibility index (Phi) is 6.04. The van der Waals surface area contributed by atoms with Gasteiger partial charge in [0.2, 0.25) is 0 Å². The summed E-state index contributed by atoms with van der Waals surface area (Å²) in [6.45, 7) is 4.62. The second-order valence-electron chi connectivity index (χ2n) is 8.94. The van der Waals surface area contributed by atoms with Crippen molar-refractivity contribution in [3.05, 3.63) is 64.6 Å². The summed E-state index contributed by atoms with van der Waals surface area (Å²) >= 11 is 0. The second-order valence-corrected chi connectivity index (χ2v) is 8.94. The van der Waals surface area contributed by atoms with Crippen molar-refractivity contribution in [2.75, 3.05) is 46.6 Å². The minimum atomic E-state index is -0.319. The van der Waals surface area contributed by atoms with E-state index in [4.69, 9.17) is 14.2 Å². The molecule has 1 unspecified atom stereocenters. The number of H-pyrrole nitrogens is 1. The van der Waals surface area contributed by atoms with Gasteiger partial charge >= 0.3 is 5.69 Å².